The Labute approximate surface area is 149 Å². The van der Waals surface area contributed by atoms with E-state index in [1.54, 1.807) is 4.90 Å². The summed E-state index contributed by atoms with van der Waals surface area (Å²) in [5.74, 6) is -0.0866. The van der Waals surface area contributed by atoms with Crippen LogP contribution < -0.4 is 11.1 Å². The molecular weight excluding hydrogens is 318 g/mol. The molecule has 2 atom stereocenters. The van der Waals surface area contributed by atoms with Crippen molar-refractivity contribution in [2.45, 2.75) is 51.8 Å². The molecule has 0 saturated carbocycles. The second kappa shape index (κ2) is 9.42. The number of benzene rings is 1. The Balaban J connectivity index is 1.86. The van der Waals surface area contributed by atoms with Crippen molar-refractivity contribution in [3.05, 3.63) is 35.9 Å². The van der Waals surface area contributed by atoms with Gasteiger partial charge in [-0.15, -0.1) is 0 Å². The van der Waals surface area contributed by atoms with E-state index in [1.807, 2.05) is 44.2 Å². The van der Waals surface area contributed by atoms with Crippen molar-refractivity contribution < 1.29 is 14.3 Å². The van der Waals surface area contributed by atoms with Gasteiger partial charge in [0, 0.05) is 13.1 Å². The molecular formula is C19H29N3O3. The molecule has 25 heavy (non-hydrogen) atoms. The second-order valence-corrected chi connectivity index (χ2v) is 6.90. The molecule has 1 aromatic carbocycles. The average molecular weight is 347 g/mol. The second-order valence-electron chi connectivity index (χ2n) is 6.90. The predicted octanol–water partition coefficient (Wildman–Crippen LogP) is 2.28. The molecule has 0 spiro atoms. The molecule has 0 unspecified atom stereocenters. The van der Waals surface area contributed by atoms with Crippen molar-refractivity contribution in [3.63, 3.8) is 0 Å². The van der Waals surface area contributed by atoms with Gasteiger partial charge < -0.3 is 20.7 Å². The number of nitrogens with one attached hydrogen (secondary N) is 1. The standard InChI is InChI=1S/C19H29N3O3/c1-14(2)17(20)18(23)21-12-16-10-6-7-11-22(16)19(24)25-13-15-8-4-3-5-9-15/h3-5,8-9,14,16-17H,6-7,10-13,20H2,1-2H3,(H,21,23)/t16-,17+/m1/s1. The first-order valence-electron chi connectivity index (χ1n) is 8.99. The van der Waals surface area contributed by atoms with Crippen molar-refractivity contribution in [2.75, 3.05) is 13.1 Å². The Morgan fingerprint density at radius 2 is 2.00 bits per heavy atom. The highest BCUT2D eigenvalue weighted by atomic mass is 16.6. The summed E-state index contributed by atoms with van der Waals surface area (Å²) in [6.45, 7) is 5.16. The van der Waals surface area contributed by atoms with E-state index in [0.717, 1.165) is 24.8 Å². The third kappa shape index (κ3) is 5.74. The van der Waals surface area contributed by atoms with Gasteiger partial charge in [0.2, 0.25) is 5.91 Å². The fourth-order valence-corrected chi connectivity index (χ4v) is 2.89. The maximum atomic E-state index is 12.4. The maximum absolute atomic E-state index is 12.4. The Kier molecular flexibility index (Phi) is 7.25. The minimum Gasteiger partial charge on any atom is -0.445 e. The van der Waals surface area contributed by atoms with Crippen LogP contribution in [0, 0.1) is 5.92 Å². The van der Waals surface area contributed by atoms with Crippen molar-refractivity contribution in [1.29, 1.82) is 0 Å². The number of piperidine rings is 1. The number of carbonyl (C=O) groups excluding carboxylic acids is 2. The summed E-state index contributed by atoms with van der Waals surface area (Å²) in [5, 5.41) is 2.88. The van der Waals surface area contributed by atoms with E-state index in [4.69, 9.17) is 10.5 Å². The number of amides is 2. The maximum Gasteiger partial charge on any atom is 0.410 e. The highest BCUT2D eigenvalue weighted by Crippen LogP contribution is 2.18. The first-order chi connectivity index (χ1) is 12.0. The van der Waals surface area contributed by atoms with Gasteiger partial charge in [0.25, 0.3) is 0 Å². The summed E-state index contributed by atoms with van der Waals surface area (Å²) in [7, 11) is 0. The molecule has 1 fully saturated rings. The Morgan fingerprint density at radius 3 is 2.68 bits per heavy atom. The van der Waals surface area contributed by atoms with Crippen LogP contribution in [-0.4, -0.2) is 42.1 Å². The molecule has 1 aliphatic heterocycles. The van der Waals surface area contributed by atoms with Gasteiger partial charge in [-0.25, -0.2) is 4.79 Å². The molecule has 138 valence electrons. The lowest BCUT2D eigenvalue weighted by molar-refractivity contribution is -0.123. The van der Waals surface area contributed by atoms with Gasteiger partial charge in [-0.05, 0) is 30.7 Å². The molecule has 3 N–H and O–H groups in total. The van der Waals surface area contributed by atoms with Crippen molar-refractivity contribution >= 4 is 12.0 Å². The number of carbonyl (C=O) groups is 2. The summed E-state index contributed by atoms with van der Waals surface area (Å²) < 4.78 is 5.44. The van der Waals surface area contributed by atoms with E-state index in [1.165, 1.54) is 0 Å². The number of nitrogens with zero attached hydrogens (tertiary/aromatic N) is 1. The Bertz CT molecular complexity index is 562. The fraction of sp³-hybridized carbons (Fsp3) is 0.579. The lowest BCUT2D eigenvalue weighted by atomic mass is 10.0. The van der Waals surface area contributed by atoms with Crippen molar-refractivity contribution in [3.8, 4) is 0 Å². The van der Waals surface area contributed by atoms with Crippen molar-refractivity contribution in [1.82, 2.24) is 10.2 Å². The zero-order chi connectivity index (χ0) is 18.2. The molecule has 1 aliphatic rings. The topological polar surface area (TPSA) is 84.7 Å². The van der Waals surface area contributed by atoms with Gasteiger partial charge in [0.05, 0.1) is 12.1 Å². The third-order valence-electron chi connectivity index (χ3n) is 4.60. The van der Waals surface area contributed by atoms with Gasteiger partial charge >= 0.3 is 6.09 Å². The van der Waals surface area contributed by atoms with E-state index in [-0.39, 0.29) is 30.6 Å². The SMILES string of the molecule is CC(C)[C@H](N)C(=O)NC[C@H]1CCCCN1C(=O)OCc1ccccc1. The molecule has 0 bridgehead atoms. The first-order valence-corrected chi connectivity index (χ1v) is 8.99. The van der Waals surface area contributed by atoms with Gasteiger partial charge in [-0.2, -0.15) is 0 Å². The minimum atomic E-state index is -0.526. The summed E-state index contributed by atoms with van der Waals surface area (Å²) in [6, 6.07) is 9.04. The fourth-order valence-electron chi connectivity index (χ4n) is 2.89. The molecule has 6 heteroatoms. The Hall–Kier alpha value is -2.08. The van der Waals surface area contributed by atoms with Crippen LogP contribution in [0.15, 0.2) is 30.3 Å². The number of likely N-dealkylation sites (tertiary alicyclic amines) is 1. The van der Waals surface area contributed by atoms with Crippen LogP contribution >= 0.6 is 0 Å². The molecule has 1 saturated heterocycles. The lowest BCUT2D eigenvalue weighted by Gasteiger charge is -2.35. The quantitative estimate of drug-likeness (QED) is 0.827. The van der Waals surface area contributed by atoms with Crippen molar-refractivity contribution in [2.24, 2.45) is 11.7 Å². The monoisotopic (exact) mass is 347 g/mol. The molecule has 0 aliphatic carbocycles. The van der Waals surface area contributed by atoms with Crippen LogP contribution in [0.1, 0.15) is 38.7 Å². The van der Waals surface area contributed by atoms with E-state index in [0.29, 0.717) is 13.1 Å². The van der Waals surface area contributed by atoms with Crippen LogP contribution in [0.5, 0.6) is 0 Å². The molecule has 0 radical (unpaired) electrons. The largest absolute Gasteiger partial charge is 0.445 e. The molecule has 0 aromatic heterocycles. The number of hydrogen-bond donors (Lipinski definition) is 2. The lowest BCUT2D eigenvalue weighted by Crippen LogP contribution is -2.52. The molecule has 2 amide bonds. The smallest absolute Gasteiger partial charge is 0.410 e. The van der Waals surface area contributed by atoms with Crippen LogP contribution in [0.4, 0.5) is 4.79 Å². The summed E-state index contributed by atoms with van der Waals surface area (Å²) in [4.78, 5) is 26.2. The average Bonchev–Trinajstić information content (AvgIpc) is 2.64. The number of nitrogens with two attached hydrogens (primary N) is 1. The molecule has 1 aromatic rings. The zero-order valence-corrected chi connectivity index (χ0v) is 15.1. The van der Waals surface area contributed by atoms with Crippen LogP contribution in [0.25, 0.3) is 0 Å². The van der Waals surface area contributed by atoms with Crippen LogP contribution in [0.2, 0.25) is 0 Å². The van der Waals surface area contributed by atoms with E-state index < -0.39 is 6.04 Å². The number of hydrogen-bond acceptors (Lipinski definition) is 4. The molecule has 2 rings (SSSR count). The predicted molar refractivity (Wildman–Crippen MR) is 96.8 cm³/mol. The molecule has 6 nitrogen and oxygen atoms in total. The van der Waals surface area contributed by atoms with Gasteiger partial charge in [0.1, 0.15) is 6.61 Å². The van der Waals surface area contributed by atoms with Gasteiger partial charge in [-0.3, -0.25) is 4.79 Å². The highest BCUT2D eigenvalue weighted by molar-refractivity contribution is 5.81. The normalized spacial score (nSPS) is 18.7. The van der Waals surface area contributed by atoms with Crippen LogP contribution in [-0.2, 0) is 16.1 Å². The summed E-state index contributed by atoms with van der Waals surface area (Å²) in [5.41, 5.74) is 6.82. The van der Waals surface area contributed by atoms with E-state index in [9.17, 15) is 9.59 Å². The van der Waals surface area contributed by atoms with Crippen LogP contribution in [0.3, 0.4) is 0 Å². The Morgan fingerprint density at radius 1 is 1.28 bits per heavy atom. The molecule has 1 heterocycles. The summed E-state index contributed by atoms with van der Waals surface area (Å²) in [6.07, 6.45) is 2.53. The summed E-state index contributed by atoms with van der Waals surface area (Å²) >= 11 is 0. The van der Waals surface area contributed by atoms with Gasteiger partial charge in [0.15, 0.2) is 0 Å². The minimum absolute atomic E-state index is 0.0414. The number of rotatable bonds is 6. The van der Waals surface area contributed by atoms with E-state index in [2.05, 4.69) is 5.32 Å². The van der Waals surface area contributed by atoms with E-state index >= 15 is 0 Å². The first kappa shape index (κ1) is 19.2. The highest BCUT2D eigenvalue weighted by Gasteiger charge is 2.29. The third-order valence-corrected chi connectivity index (χ3v) is 4.60. The van der Waals surface area contributed by atoms with Gasteiger partial charge in [-0.1, -0.05) is 44.2 Å². The zero-order valence-electron chi connectivity index (χ0n) is 15.1. The number of ether oxygens (including phenoxy) is 1.